The molecule has 1 aliphatic rings. The molecule has 0 aromatic carbocycles. The number of carbonyl (C=O) groups excluding carboxylic acids is 2. The Labute approximate surface area is 357 Å². The summed E-state index contributed by atoms with van der Waals surface area (Å²) in [4.78, 5) is 52.9. The summed E-state index contributed by atoms with van der Waals surface area (Å²) in [5, 5.41) is 40.7. The molecule has 1 fully saturated rings. The van der Waals surface area contributed by atoms with Crippen LogP contribution in [0.4, 0.5) is 0 Å². The summed E-state index contributed by atoms with van der Waals surface area (Å²) in [6.07, 6.45) is 16.7. The van der Waals surface area contributed by atoms with Crippen LogP contribution in [0.2, 0.25) is 0 Å². The summed E-state index contributed by atoms with van der Waals surface area (Å²) in [5.74, 6) is -0.853. The predicted octanol–water partition coefficient (Wildman–Crippen LogP) is 6.69. The average Bonchev–Trinajstić information content (AvgIpc) is 3.17. The molecule has 0 aromatic rings. The van der Waals surface area contributed by atoms with Gasteiger partial charge in [-0.15, -0.1) is 0 Å². The van der Waals surface area contributed by atoms with Gasteiger partial charge in [-0.2, -0.15) is 0 Å². The average molecular weight is 903 g/mol. The van der Waals surface area contributed by atoms with Crippen LogP contribution in [0.3, 0.4) is 0 Å². The maximum atomic E-state index is 12.8. The van der Waals surface area contributed by atoms with E-state index in [-0.39, 0.29) is 25.2 Å². The number of phosphoric ester groups is 2. The second kappa shape index (κ2) is 33.0. The fraction of sp³-hybridized carbons (Fsp3) is 0.854. The molecular weight excluding hydrogens is 826 g/mol. The highest BCUT2D eigenvalue weighted by molar-refractivity contribution is 7.47. The minimum absolute atomic E-state index is 0.0566. The van der Waals surface area contributed by atoms with Crippen LogP contribution >= 0.6 is 15.6 Å². The fourth-order valence-electron chi connectivity index (χ4n) is 6.39. The van der Waals surface area contributed by atoms with E-state index in [2.05, 4.69) is 29.8 Å². The molecule has 0 saturated carbocycles. The van der Waals surface area contributed by atoms with E-state index in [4.69, 9.17) is 28.5 Å². The lowest BCUT2D eigenvalue weighted by molar-refractivity contribution is -0.199. The van der Waals surface area contributed by atoms with E-state index >= 15 is 0 Å². The number of phosphoric acid groups is 2. The SMILES string of the molecule is CCCCC[C@H](O)/C=C/[C@H]1OC(O)C[C@H](O)[C@@H]1C/C=C\CCCC(=O)O[C@H](COC(=O)CCCCCCCCCCCC(C)C)COP(=O)(O)OC[C@@H](O)COP(=O)(O)O. The monoisotopic (exact) mass is 902 g/mol. The number of ether oxygens (including phenoxy) is 3. The number of hydrogen-bond acceptors (Lipinski definition) is 14. The van der Waals surface area contributed by atoms with Crippen molar-refractivity contribution in [3.8, 4) is 0 Å². The maximum absolute atomic E-state index is 12.8. The number of aliphatic hydroxyl groups excluding tert-OH is 4. The van der Waals surface area contributed by atoms with Gasteiger partial charge >= 0.3 is 27.6 Å². The van der Waals surface area contributed by atoms with Crippen molar-refractivity contribution in [1.82, 2.24) is 0 Å². The number of carbonyl (C=O) groups is 2. The first-order valence-corrected chi connectivity index (χ1v) is 24.8. The standard InChI is InChI=1S/C41H76O17P2/c1-4-5-15-21-33(42)25-26-38-36(37(44)27-41(47)58-38)22-17-13-14-19-24-40(46)57-35(31-56-60(51,52)55-29-34(43)28-54-59(48,49)50)30-53-39(45)23-18-12-10-8-6-7-9-11-16-20-32(2)3/h13,17,25-26,32-38,41-44,47H,4-12,14-16,18-24,27-31H2,1-3H3,(H,51,52)(H2,48,49,50)/b17-13-,26-25+/t33-,34-,35+,36-,37-,38+,41?/m0/s1. The van der Waals surface area contributed by atoms with Crippen LogP contribution < -0.4 is 0 Å². The zero-order chi connectivity index (χ0) is 44.8. The van der Waals surface area contributed by atoms with E-state index in [0.29, 0.717) is 32.1 Å². The Hall–Kier alpha value is -1.56. The van der Waals surface area contributed by atoms with Gasteiger partial charge in [-0.3, -0.25) is 23.2 Å². The molecular formula is C41H76O17P2. The molecule has 2 unspecified atom stereocenters. The van der Waals surface area contributed by atoms with Gasteiger partial charge in [0.1, 0.15) is 12.7 Å². The third-order valence-corrected chi connectivity index (χ3v) is 11.2. The predicted molar refractivity (Wildman–Crippen MR) is 224 cm³/mol. The second-order valence-electron chi connectivity index (χ2n) is 16.0. The van der Waals surface area contributed by atoms with E-state index in [1.807, 2.05) is 12.2 Å². The van der Waals surface area contributed by atoms with E-state index in [1.54, 1.807) is 12.2 Å². The Balaban J connectivity index is 2.63. The number of esters is 2. The van der Waals surface area contributed by atoms with Crippen molar-refractivity contribution in [1.29, 1.82) is 0 Å². The largest absolute Gasteiger partial charge is 0.472 e. The molecule has 0 aliphatic carbocycles. The highest BCUT2D eigenvalue weighted by Gasteiger charge is 2.35. The van der Waals surface area contributed by atoms with Gasteiger partial charge in [-0.05, 0) is 38.0 Å². The van der Waals surface area contributed by atoms with Gasteiger partial charge in [0.05, 0.1) is 38.1 Å². The first kappa shape index (κ1) is 56.5. The molecule has 0 radical (unpaired) electrons. The number of allylic oxidation sites excluding steroid dienone is 2. The van der Waals surface area contributed by atoms with E-state index in [0.717, 1.165) is 50.9 Å². The van der Waals surface area contributed by atoms with Crippen molar-refractivity contribution in [3.63, 3.8) is 0 Å². The number of unbranched alkanes of at least 4 members (excludes halogenated alkanes) is 11. The maximum Gasteiger partial charge on any atom is 0.472 e. The third-order valence-electron chi connectivity index (χ3n) is 9.81. The molecule has 1 aliphatic heterocycles. The minimum atomic E-state index is -4.90. The lowest BCUT2D eigenvalue weighted by Gasteiger charge is -2.36. The van der Waals surface area contributed by atoms with Crippen LogP contribution in [0.5, 0.6) is 0 Å². The van der Waals surface area contributed by atoms with Crippen LogP contribution in [-0.2, 0) is 46.5 Å². The molecule has 8 atom stereocenters. The Morgan fingerprint density at radius 1 is 0.750 bits per heavy atom. The molecule has 0 spiro atoms. The number of aliphatic hydroxyl groups is 4. The van der Waals surface area contributed by atoms with Crippen LogP contribution in [0.25, 0.3) is 0 Å². The smallest absolute Gasteiger partial charge is 0.462 e. The molecule has 1 heterocycles. The van der Waals surface area contributed by atoms with E-state index in [9.17, 15) is 44.0 Å². The van der Waals surface area contributed by atoms with Gasteiger partial charge in [0, 0.05) is 25.2 Å². The summed E-state index contributed by atoms with van der Waals surface area (Å²) >= 11 is 0. The summed E-state index contributed by atoms with van der Waals surface area (Å²) in [7, 11) is -9.78. The minimum Gasteiger partial charge on any atom is -0.462 e. The van der Waals surface area contributed by atoms with Crippen molar-refractivity contribution in [2.75, 3.05) is 26.4 Å². The lowest BCUT2D eigenvalue weighted by atomic mass is 9.87. The van der Waals surface area contributed by atoms with Gasteiger partial charge in [-0.25, -0.2) is 9.13 Å². The van der Waals surface area contributed by atoms with Crippen LogP contribution in [0, 0.1) is 11.8 Å². The van der Waals surface area contributed by atoms with Gasteiger partial charge in [0.25, 0.3) is 0 Å². The molecule has 1 rings (SSSR count). The highest BCUT2D eigenvalue weighted by Crippen LogP contribution is 2.44. The van der Waals surface area contributed by atoms with E-state index in [1.165, 1.54) is 32.1 Å². The zero-order valence-electron chi connectivity index (χ0n) is 36.0. The second-order valence-corrected chi connectivity index (χ2v) is 18.7. The topological polar surface area (TPSA) is 265 Å². The molecule has 0 amide bonds. The normalized spacial score (nSPS) is 21.3. The Morgan fingerprint density at radius 3 is 2.00 bits per heavy atom. The van der Waals surface area contributed by atoms with Crippen molar-refractivity contribution >= 4 is 27.6 Å². The fourth-order valence-corrected chi connectivity index (χ4v) is 7.55. The Morgan fingerprint density at radius 2 is 1.35 bits per heavy atom. The molecule has 0 bridgehead atoms. The third kappa shape index (κ3) is 31.3. The van der Waals surface area contributed by atoms with Gasteiger partial charge in [0.2, 0.25) is 0 Å². The van der Waals surface area contributed by atoms with Crippen molar-refractivity contribution in [2.24, 2.45) is 11.8 Å². The number of rotatable bonds is 36. The highest BCUT2D eigenvalue weighted by atomic mass is 31.2. The van der Waals surface area contributed by atoms with Gasteiger partial charge < -0.3 is 49.3 Å². The molecule has 60 heavy (non-hydrogen) atoms. The van der Waals surface area contributed by atoms with Crippen molar-refractivity contribution in [2.45, 2.75) is 186 Å². The lowest BCUT2D eigenvalue weighted by Crippen LogP contribution is -2.43. The zero-order valence-corrected chi connectivity index (χ0v) is 37.8. The number of hydrogen-bond donors (Lipinski definition) is 7. The molecule has 19 heteroatoms. The molecule has 352 valence electrons. The van der Waals surface area contributed by atoms with Crippen LogP contribution in [-0.4, -0.2) is 110 Å². The van der Waals surface area contributed by atoms with Crippen molar-refractivity contribution < 1.29 is 81.6 Å². The van der Waals surface area contributed by atoms with E-state index < -0.39 is 90.8 Å². The quantitative estimate of drug-likeness (QED) is 0.0149. The summed E-state index contributed by atoms with van der Waals surface area (Å²) in [5.41, 5.74) is 0. The Bertz CT molecular complexity index is 1290. The molecule has 1 saturated heterocycles. The molecule has 17 nitrogen and oxygen atoms in total. The van der Waals surface area contributed by atoms with Gasteiger partial charge in [0.15, 0.2) is 12.4 Å². The summed E-state index contributed by atoms with van der Waals surface area (Å²) < 4.78 is 53.4. The first-order valence-electron chi connectivity index (χ1n) is 21.8. The molecule has 0 aromatic heterocycles. The Kier molecular flexibility index (Phi) is 31.1. The van der Waals surface area contributed by atoms with Gasteiger partial charge in [-0.1, -0.05) is 122 Å². The first-order chi connectivity index (χ1) is 28.4. The van der Waals surface area contributed by atoms with Crippen LogP contribution in [0.1, 0.15) is 149 Å². The summed E-state index contributed by atoms with van der Waals surface area (Å²) in [6.45, 7) is 3.60. The molecule has 7 N–H and O–H groups in total. The summed E-state index contributed by atoms with van der Waals surface area (Å²) in [6, 6.07) is 0. The van der Waals surface area contributed by atoms with Crippen molar-refractivity contribution in [3.05, 3.63) is 24.3 Å². The van der Waals surface area contributed by atoms with Crippen LogP contribution in [0.15, 0.2) is 24.3 Å².